The highest BCUT2D eigenvalue weighted by Crippen LogP contribution is 2.18. The SMILES string of the molecule is CCC/C=C\C/C=C\CCCCCCCC(=O)OCC(COC(=O)CCCCCCCCCCCCCCCCCCCCCCCCCCCCC)OC(=O)CCCCCCCCCCC/C=C\CCCCCCCC. The highest BCUT2D eigenvalue weighted by atomic mass is 16.6. The van der Waals surface area contributed by atoms with E-state index in [-0.39, 0.29) is 31.1 Å². The molecule has 0 aliphatic rings. The normalized spacial score (nSPS) is 12.2. The average Bonchev–Trinajstić information content (AvgIpc) is 3.43. The predicted molar refractivity (Wildman–Crippen MR) is 335 cm³/mol. The molecular formula is C71H132O6. The Hall–Kier alpha value is -2.37. The van der Waals surface area contributed by atoms with Gasteiger partial charge in [-0.25, -0.2) is 0 Å². The molecule has 0 aliphatic heterocycles. The van der Waals surface area contributed by atoms with Gasteiger partial charge in [0.1, 0.15) is 13.2 Å². The fraction of sp³-hybridized carbons (Fsp3) is 0.873. The fourth-order valence-electron chi connectivity index (χ4n) is 10.4. The Labute approximate surface area is 480 Å². The van der Waals surface area contributed by atoms with Gasteiger partial charge in [-0.1, -0.05) is 327 Å². The van der Waals surface area contributed by atoms with Gasteiger partial charge in [-0.05, 0) is 70.6 Å². The Morgan fingerprint density at radius 3 is 0.779 bits per heavy atom. The molecular weight excluding hydrogens is 949 g/mol. The quantitative estimate of drug-likeness (QED) is 0.0261. The molecule has 452 valence electrons. The van der Waals surface area contributed by atoms with Gasteiger partial charge < -0.3 is 14.2 Å². The standard InChI is InChI=1S/C71H132O6/c1-4-7-10-13-16-19-22-25-27-29-31-32-33-34-35-36-37-38-40-41-43-46-49-52-55-58-61-64-70(73)76-67-68(66-75-69(72)63-60-57-54-51-48-45-24-21-18-15-12-9-6-3)77-71(74)65-62-59-56-53-50-47-44-42-39-30-28-26-23-20-17-14-11-8-5-2/h12,15,21,24,26,28,68H,4-11,13-14,16-20,22-23,25,27,29-67H2,1-3H3/b15-12-,24-21-,28-26-. The van der Waals surface area contributed by atoms with Gasteiger partial charge in [-0.3, -0.25) is 14.4 Å². The second kappa shape index (κ2) is 66.1. The number of carbonyl (C=O) groups excluding carboxylic acids is 3. The summed E-state index contributed by atoms with van der Waals surface area (Å²) in [5, 5.41) is 0. The Morgan fingerprint density at radius 2 is 0.494 bits per heavy atom. The second-order valence-corrected chi connectivity index (χ2v) is 23.4. The van der Waals surface area contributed by atoms with E-state index in [0.717, 1.165) is 83.5 Å². The van der Waals surface area contributed by atoms with Crippen LogP contribution >= 0.6 is 0 Å². The monoisotopic (exact) mass is 1080 g/mol. The number of ether oxygens (including phenoxy) is 3. The Balaban J connectivity index is 4.20. The number of hydrogen-bond acceptors (Lipinski definition) is 6. The van der Waals surface area contributed by atoms with Crippen LogP contribution in [0.5, 0.6) is 0 Å². The number of hydrogen-bond donors (Lipinski definition) is 0. The smallest absolute Gasteiger partial charge is 0.306 e. The number of esters is 3. The van der Waals surface area contributed by atoms with Gasteiger partial charge in [0.25, 0.3) is 0 Å². The molecule has 77 heavy (non-hydrogen) atoms. The molecule has 6 nitrogen and oxygen atoms in total. The fourth-order valence-corrected chi connectivity index (χ4v) is 10.4. The number of carbonyl (C=O) groups is 3. The molecule has 0 heterocycles. The second-order valence-electron chi connectivity index (χ2n) is 23.4. The van der Waals surface area contributed by atoms with E-state index in [9.17, 15) is 14.4 Å². The average molecular weight is 1080 g/mol. The Morgan fingerprint density at radius 1 is 0.260 bits per heavy atom. The van der Waals surface area contributed by atoms with Crippen molar-refractivity contribution in [2.45, 2.75) is 386 Å². The lowest BCUT2D eigenvalue weighted by Crippen LogP contribution is -2.30. The number of allylic oxidation sites excluding steroid dienone is 6. The lowest BCUT2D eigenvalue weighted by atomic mass is 10.0. The van der Waals surface area contributed by atoms with Crippen molar-refractivity contribution in [2.24, 2.45) is 0 Å². The van der Waals surface area contributed by atoms with Crippen LogP contribution in [0.1, 0.15) is 380 Å². The van der Waals surface area contributed by atoms with Crippen molar-refractivity contribution in [2.75, 3.05) is 13.2 Å². The van der Waals surface area contributed by atoms with Crippen molar-refractivity contribution in [1.29, 1.82) is 0 Å². The molecule has 1 atom stereocenters. The van der Waals surface area contributed by atoms with Gasteiger partial charge in [-0.2, -0.15) is 0 Å². The molecule has 0 aromatic heterocycles. The van der Waals surface area contributed by atoms with Crippen LogP contribution in [0.3, 0.4) is 0 Å². The van der Waals surface area contributed by atoms with Crippen LogP contribution in [-0.4, -0.2) is 37.2 Å². The minimum atomic E-state index is -0.778. The molecule has 0 radical (unpaired) electrons. The van der Waals surface area contributed by atoms with E-state index in [1.54, 1.807) is 0 Å². The first-order valence-electron chi connectivity index (χ1n) is 34.5. The zero-order chi connectivity index (χ0) is 55.7. The van der Waals surface area contributed by atoms with Crippen molar-refractivity contribution in [1.82, 2.24) is 0 Å². The maximum atomic E-state index is 12.9. The molecule has 0 spiro atoms. The highest BCUT2D eigenvalue weighted by molar-refractivity contribution is 5.71. The first-order chi connectivity index (χ1) is 38.0. The predicted octanol–water partition coefficient (Wildman–Crippen LogP) is 23.6. The van der Waals surface area contributed by atoms with Gasteiger partial charge in [-0.15, -0.1) is 0 Å². The molecule has 0 aliphatic carbocycles. The van der Waals surface area contributed by atoms with E-state index in [1.807, 2.05) is 0 Å². The molecule has 1 unspecified atom stereocenters. The summed E-state index contributed by atoms with van der Waals surface area (Å²) in [4.78, 5) is 38.3. The molecule has 0 N–H and O–H groups in total. The van der Waals surface area contributed by atoms with E-state index in [1.165, 1.54) is 257 Å². The summed E-state index contributed by atoms with van der Waals surface area (Å²) in [7, 11) is 0. The minimum absolute atomic E-state index is 0.0731. The lowest BCUT2D eigenvalue weighted by molar-refractivity contribution is -0.167. The van der Waals surface area contributed by atoms with Crippen molar-refractivity contribution in [3.63, 3.8) is 0 Å². The van der Waals surface area contributed by atoms with Gasteiger partial charge in [0.05, 0.1) is 0 Å². The molecule has 6 heteroatoms. The van der Waals surface area contributed by atoms with E-state index in [4.69, 9.17) is 14.2 Å². The van der Waals surface area contributed by atoms with Crippen LogP contribution in [0, 0.1) is 0 Å². The summed E-state index contributed by atoms with van der Waals surface area (Å²) in [6, 6.07) is 0. The van der Waals surface area contributed by atoms with E-state index in [0.29, 0.717) is 19.3 Å². The van der Waals surface area contributed by atoms with Crippen molar-refractivity contribution >= 4 is 17.9 Å². The van der Waals surface area contributed by atoms with Gasteiger partial charge in [0, 0.05) is 19.3 Å². The zero-order valence-corrected chi connectivity index (χ0v) is 52.0. The van der Waals surface area contributed by atoms with Gasteiger partial charge in [0.2, 0.25) is 0 Å². The topological polar surface area (TPSA) is 78.9 Å². The molecule has 0 fully saturated rings. The molecule has 0 aromatic carbocycles. The van der Waals surface area contributed by atoms with Crippen LogP contribution in [0.15, 0.2) is 36.5 Å². The van der Waals surface area contributed by atoms with Crippen LogP contribution < -0.4 is 0 Å². The maximum absolute atomic E-state index is 12.9. The van der Waals surface area contributed by atoms with Crippen molar-refractivity contribution in [3.05, 3.63) is 36.5 Å². The molecule has 0 aromatic rings. The molecule has 0 bridgehead atoms. The largest absolute Gasteiger partial charge is 0.462 e. The molecule has 0 amide bonds. The van der Waals surface area contributed by atoms with Gasteiger partial charge in [0.15, 0.2) is 6.10 Å². The van der Waals surface area contributed by atoms with Crippen LogP contribution in [0.2, 0.25) is 0 Å². The lowest BCUT2D eigenvalue weighted by Gasteiger charge is -2.18. The number of rotatable bonds is 64. The molecule has 0 saturated carbocycles. The third-order valence-electron chi connectivity index (χ3n) is 15.6. The van der Waals surface area contributed by atoms with Gasteiger partial charge >= 0.3 is 17.9 Å². The summed E-state index contributed by atoms with van der Waals surface area (Å²) < 4.78 is 17.0. The summed E-state index contributed by atoms with van der Waals surface area (Å²) in [6.07, 6.45) is 81.8. The highest BCUT2D eigenvalue weighted by Gasteiger charge is 2.19. The summed E-state index contributed by atoms with van der Waals surface area (Å²) >= 11 is 0. The first-order valence-corrected chi connectivity index (χ1v) is 34.5. The summed E-state index contributed by atoms with van der Waals surface area (Å²) in [6.45, 7) is 6.63. The minimum Gasteiger partial charge on any atom is -0.462 e. The van der Waals surface area contributed by atoms with Crippen LogP contribution in [0.4, 0.5) is 0 Å². The van der Waals surface area contributed by atoms with E-state index < -0.39 is 6.10 Å². The Bertz CT molecular complexity index is 1290. The summed E-state index contributed by atoms with van der Waals surface area (Å²) in [5.41, 5.74) is 0. The summed E-state index contributed by atoms with van der Waals surface area (Å²) in [5.74, 6) is -0.865. The van der Waals surface area contributed by atoms with E-state index in [2.05, 4.69) is 57.2 Å². The van der Waals surface area contributed by atoms with E-state index >= 15 is 0 Å². The van der Waals surface area contributed by atoms with Crippen LogP contribution in [0.25, 0.3) is 0 Å². The third-order valence-corrected chi connectivity index (χ3v) is 15.6. The van der Waals surface area contributed by atoms with Crippen LogP contribution in [-0.2, 0) is 28.6 Å². The molecule has 0 rings (SSSR count). The number of unbranched alkanes of at least 4 members (excludes halogenated alkanes) is 47. The molecule has 0 saturated heterocycles. The third kappa shape index (κ3) is 64.3. The Kier molecular flexibility index (Phi) is 64.1. The van der Waals surface area contributed by atoms with Crippen molar-refractivity contribution in [3.8, 4) is 0 Å². The maximum Gasteiger partial charge on any atom is 0.306 e. The van der Waals surface area contributed by atoms with Crippen molar-refractivity contribution < 1.29 is 28.6 Å². The zero-order valence-electron chi connectivity index (χ0n) is 52.0. The first kappa shape index (κ1) is 74.6.